The number of nitro benzene ring substituents is 1. The van der Waals surface area contributed by atoms with Crippen molar-refractivity contribution in [3.8, 4) is 5.75 Å². The quantitative estimate of drug-likeness (QED) is 0.262. The first-order valence-corrected chi connectivity index (χ1v) is 10.5. The molecular weight excluding hydrogens is 462 g/mol. The highest BCUT2D eigenvalue weighted by Crippen LogP contribution is 2.30. The Kier molecular flexibility index (Phi) is 7.60. The monoisotopic (exact) mass is 481 g/mol. The van der Waals surface area contributed by atoms with Crippen molar-refractivity contribution in [2.24, 2.45) is 0 Å². The number of halogens is 1. The summed E-state index contributed by atoms with van der Waals surface area (Å²) in [5, 5.41) is 16.4. The van der Waals surface area contributed by atoms with Gasteiger partial charge in [0.05, 0.1) is 22.8 Å². The fraction of sp³-hybridized carbons (Fsp3) is 0.125. The molecule has 174 valence electrons. The van der Waals surface area contributed by atoms with Crippen LogP contribution in [0.5, 0.6) is 5.75 Å². The average molecular weight is 482 g/mol. The lowest BCUT2D eigenvalue weighted by atomic mass is 9.97. The molecule has 3 rings (SSSR count). The first kappa shape index (κ1) is 24.4. The molecule has 3 aromatic carbocycles. The van der Waals surface area contributed by atoms with Crippen LogP contribution in [-0.2, 0) is 4.79 Å². The fourth-order valence-electron chi connectivity index (χ4n) is 3.21. The summed E-state index contributed by atoms with van der Waals surface area (Å²) in [6, 6.07) is 14.6. The maximum atomic E-state index is 13.2. The van der Waals surface area contributed by atoms with Gasteiger partial charge in [-0.15, -0.1) is 0 Å². The number of anilines is 2. The molecule has 0 radical (unpaired) electrons. The second-order valence-corrected chi connectivity index (χ2v) is 7.48. The molecule has 0 fully saturated rings. The number of carbonyl (C=O) groups is 3. The molecule has 0 saturated carbocycles. The highest BCUT2D eigenvalue weighted by atomic mass is 35.5. The van der Waals surface area contributed by atoms with Crippen LogP contribution in [0.15, 0.2) is 60.7 Å². The Bertz CT molecular complexity index is 1290. The van der Waals surface area contributed by atoms with Crippen LogP contribution in [-0.4, -0.2) is 29.1 Å². The topological polar surface area (TPSA) is 128 Å². The summed E-state index contributed by atoms with van der Waals surface area (Å²) >= 11 is 5.84. The zero-order chi connectivity index (χ0) is 24.8. The molecule has 0 atom stereocenters. The minimum absolute atomic E-state index is 0.0130. The largest absolute Gasteiger partial charge is 0.492 e. The van der Waals surface area contributed by atoms with Crippen LogP contribution < -0.4 is 15.4 Å². The number of ether oxygens (including phenoxy) is 1. The highest BCUT2D eigenvalue weighted by molar-refractivity contribution is 6.33. The molecular formula is C24H20ClN3O6. The maximum Gasteiger partial charge on any atom is 0.288 e. The van der Waals surface area contributed by atoms with Crippen molar-refractivity contribution < 1.29 is 24.0 Å². The van der Waals surface area contributed by atoms with Gasteiger partial charge in [-0.1, -0.05) is 29.8 Å². The molecule has 0 bridgehead atoms. The Morgan fingerprint density at radius 3 is 2.35 bits per heavy atom. The zero-order valence-corrected chi connectivity index (χ0v) is 19.0. The van der Waals surface area contributed by atoms with Gasteiger partial charge in [-0.3, -0.25) is 24.5 Å². The summed E-state index contributed by atoms with van der Waals surface area (Å²) in [6.07, 6.45) is 0. The number of nitrogens with one attached hydrogen (secondary N) is 2. The van der Waals surface area contributed by atoms with E-state index in [1.807, 2.05) is 0 Å². The van der Waals surface area contributed by atoms with Gasteiger partial charge in [-0.05, 0) is 43.3 Å². The third kappa shape index (κ3) is 5.57. The number of rotatable bonds is 8. The van der Waals surface area contributed by atoms with Gasteiger partial charge in [0.1, 0.15) is 10.8 Å². The Morgan fingerprint density at radius 2 is 1.71 bits per heavy atom. The normalized spacial score (nSPS) is 10.3. The van der Waals surface area contributed by atoms with Gasteiger partial charge < -0.3 is 15.4 Å². The van der Waals surface area contributed by atoms with Crippen LogP contribution in [0.25, 0.3) is 0 Å². The van der Waals surface area contributed by atoms with E-state index in [0.29, 0.717) is 23.7 Å². The van der Waals surface area contributed by atoms with E-state index in [2.05, 4.69) is 10.6 Å². The molecule has 0 unspecified atom stereocenters. The summed E-state index contributed by atoms with van der Waals surface area (Å²) in [7, 11) is 0. The van der Waals surface area contributed by atoms with Crippen LogP contribution >= 0.6 is 11.6 Å². The number of carbonyl (C=O) groups excluding carboxylic acids is 3. The van der Waals surface area contributed by atoms with Gasteiger partial charge in [0.15, 0.2) is 5.78 Å². The van der Waals surface area contributed by atoms with Crippen LogP contribution in [0.2, 0.25) is 5.02 Å². The van der Waals surface area contributed by atoms with E-state index in [1.165, 1.54) is 37.3 Å². The van der Waals surface area contributed by atoms with E-state index in [1.54, 1.807) is 31.2 Å². The Hall–Kier alpha value is -4.24. The molecule has 2 N–H and O–H groups in total. The Labute approximate surface area is 199 Å². The third-order valence-electron chi connectivity index (χ3n) is 4.67. The first-order chi connectivity index (χ1) is 16.2. The van der Waals surface area contributed by atoms with Crippen LogP contribution in [0.4, 0.5) is 17.1 Å². The molecule has 2 amide bonds. The third-order valence-corrected chi connectivity index (χ3v) is 4.99. The SMILES string of the molecule is CCOc1ccc(NC(C)=O)cc1NC(=O)c1ccccc1C(=O)c1ccc(Cl)c([N+](=O)[O-])c1. The number of hydrogen-bond acceptors (Lipinski definition) is 6. The summed E-state index contributed by atoms with van der Waals surface area (Å²) in [6.45, 7) is 3.48. The second-order valence-electron chi connectivity index (χ2n) is 7.08. The second kappa shape index (κ2) is 10.6. The summed E-state index contributed by atoms with van der Waals surface area (Å²) in [4.78, 5) is 48.2. The molecule has 0 spiro atoms. The number of ketones is 1. The predicted octanol–water partition coefficient (Wildman–Crippen LogP) is 5.09. The van der Waals surface area contributed by atoms with E-state index in [0.717, 1.165) is 6.07 Å². The van der Waals surface area contributed by atoms with E-state index in [9.17, 15) is 24.5 Å². The number of amides is 2. The molecule has 0 heterocycles. The summed E-state index contributed by atoms with van der Waals surface area (Å²) in [5.74, 6) is -1.09. The van der Waals surface area contributed by atoms with E-state index in [4.69, 9.17) is 16.3 Å². The minimum atomic E-state index is -0.685. The smallest absolute Gasteiger partial charge is 0.288 e. The molecule has 34 heavy (non-hydrogen) atoms. The number of nitro groups is 1. The van der Waals surface area contributed by atoms with Crippen LogP contribution in [0, 0.1) is 10.1 Å². The molecule has 3 aromatic rings. The molecule has 10 heteroatoms. The number of nitrogens with zero attached hydrogens (tertiary/aromatic N) is 1. The fourth-order valence-corrected chi connectivity index (χ4v) is 3.39. The Morgan fingerprint density at radius 1 is 1.00 bits per heavy atom. The Balaban J connectivity index is 1.97. The molecule has 0 saturated heterocycles. The summed E-state index contributed by atoms with van der Waals surface area (Å²) in [5.41, 5.74) is 0.446. The molecule has 0 aliphatic carbocycles. The van der Waals surface area contributed by atoms with E-state index >= 15 is 0 Å². The van der Waals surface area contributed by atoms with Crippen LogP contribution in [0.3, 0.4) is 0 Å². The van der Waals surface area contributed by atoms with Crippen molar-refractivity contribution >= 4 is 46.3 Å². The van der Waals surface area contributed by atoms with Gasteiger partial charge in [0.2, 0.25) is 5.91 Å². The number of hydrogen-bond donors (Lipinski definition) is 2. The molecule has 0 aliphatic rings. The molecule has 0 aromatic heterocycles. The van der Waals surface area contributed by atoms with Gasteiger partial charge in [0.25, 0.3) is 11.6 Å². The lowest BCUT2D eigenvalue weighted by Gasteiger charge is -2.15. The van der Waals surface area contributed by atoms with E-state index < -0.39 is 22.3 Å². The average Bonchev–Trinajstić information content (AvgIpc) is 2.80. The zero-order valence-electron chi connectivity index (χ0n) is 18.3. The van der Waals surface area contributed by atoms with Crippen molar-refractivity contribution in [2.45, 2.75) is 13.8 Å². The number of benzene rings is 3. The predicted molar refractivity (Wildman–Crippen MR) is 128 cm³/mol. The van der Waals surface area contributed by atoms with Crippen LogP contribution in [0.1, 0.15) is 40.1 Å². The standard InChI is InChI=1S/C24H20ClN3O6/c1-3-34-22-11-9-16(26-14(2)29)13-20(22)27-24(31)18-7-5-4-6-17(18)23(30)15-8-10-19(25)21(12-15)28(32)33/h4-13H,3H2,1-2H3,(H,26,29)(H,27,31). The molecule has 0 aliphatic heterocycles. The summed E-state index contributed by atoms with van der Waals surface area (Å²) < 4.78 is 5.56. The maximum absolute atomic E-state index is 13.2. The van der Waals surface area contributed by atoms with Crippen molar-refractivity contribution in [1.29, 1.82) is 0 Å². The van der Waals surface area contributed by atoms with Crippen molar-refractivity contribution in [2.75, 3.05) is 17.2 Å². The minimum Gasteiger partial charge on any atom is -0.492 e. The first-order valence-electron chi connectivity index (χ1n) is 10.1. The lowest BCUT2D eigenvalue weighted by Crippen LogP contribution is -2.18. The highest BCUT2D eigenvalue weighted by Gasteiger charge is 2.22. The van der Waals surface area contributed by atoms with Crippen molar-refractivity contribution in [3.63, 3.8) is 0 Å². The van der Waals surface area contributed by atoms with Crippen molar-refractivity contribution in [3.05, 3.63) is 92.5 Å². The van der Waals surface area contributed by atoms with Gasteiger partial charge in [0, 0.05) is 29.8 Å². The lowest BCUT2D eigenvalue weighted by molar-refractivity contribution is -0.384. The van der Waals surface area contributed by atoms with Crippen molar-refractivity contribution in [1.82, 2.24) is 0 Å². The van der Waals surface area contributed by atoms with Gasteiger partial charge in [-0.2, -0.15) is 0 Å². The van der Waals surface area contributed by atoms with E-state index in [-0.39, 0.29) is 27.6 Å². The van der Waals surface area contributed by atoms with Gasteiger partial charge >= 0.3 is 0 Å². The van der Waals surface area contributed by atoms with Gasteiger partial charge in [-0.25, -0.2) is 0 Å². The molecule has 9 nitrogen and oxygen atoms in total.